The maximum absolute atomic E-state index is 12.1. The molecule has 0 spiro atoms. The molecule has 0 unspecified atom stereocenters. The second-order valence-corrected chi connectivity index (χ2v) is 6.23. The monoisotopic (exact) mass is 346 g/mol. The predicted octanol–water partition coefficient (Wildman–Crippen LogP) is 3.08. The summed E-state index contributed by atoms with van der Waals surface area (Å²) in [4.78, 5) is 27.7. The molecule has 0 bridgehead atoms. The third-order valence-electron chi connectivity index (χ3n) is 3.74. The molecule has 0 aliphatic carbocycles. The SMILES string of the molecule is CCC(CC)C(=O)Nc1ccc(-c2csc(NC(=O)CN)n2)cc1. The Bertz CT molecular complexity index is 693. The van der Waals surface area contributed by atoms with Crippen molar-refractivity contribution in [2.75, 3.05) is 17.2 Å². The first-order valence-corrected chi connectivity index (χ1v) is 8.82. The van der Waals surface area contributed by atoms with Crippen molar-refractivity contribution in [2.24, 2.45) is 11.7 Å². The van der Waals surface area contributed by atoms with Crippen molar-refractivity contribution >= 4 is 34.0 Å². The number of amides is 2. The number of carbonyl (C=O) groups excluding carboxylic acids is 2. The second kappa shape index (κ2) is 8.56. The molecule has 1 aromatic heterocycles. The molecule has 6 nitrogen and oxygen atoms in total. The number of benzene rings is 1. The maximum Gasteiger partial charge on any atom is 0.239 e. The Hall–Kier alpha value is -2.25. The quantitative estimate of drug-likeness (QED) is 0.717. The molecule has 4 N–H and O–H groups in total. The lowest BCUT2D eigenvalue weighted by Crippen LogP contribution is -2.21. The van der Waals surface area contributed by atoms with Gasteiger partial charge < -0.3 is 16.4 Å². The number of rotatable bonds is 7. The molecule has 0 radical (unpaired) electrons. The maximum atomic E-state index is 12.1. The molecule has 0 fully saturated rings. The normalized spacial score (nSPS) is 10.7. The number of nitrogens with one attached hydrogen (secondary N) is 2. The predicted molar refractivity (Wildman–Crippen MR) is 97.9 cm³/mol. The fraction of sp³-hybridized carbons (Fsp3) is 0.353. The Morgan fingerprint density at radius 2 is 1.83 bits per heavy atom. The molecule has 1 aromatic carbocycles. The third kappa shape index (κ3) is 4.62. The van der Waals surface area contributed by atoms with Gasteiger partial charge in [-0.2, -0.15) is 0 Å². The summed E-state index contributed by atoms with van der Waals surface area (Å²) in [6.45, 7) is 3.96. The smallest absolute Gasteiger partial charge is 0.239 e. The van der Waals surface area contributed by atoms with E-state index in [1.165, 1.54) is 11.3 Å². The molecule has 7 heteroatoms. The average Bonchev–Trinajstić information content (AvgIpc) is 3.05. The molecule has 2 amide bonds. The Morgan fingerprint density at radius 1 is 1.17 bits per heavy atom. The molecule has 1 heterocycles. The summed E-state index contributed by atoms with van der Waals surface area (Å²) in [6, 6.07) is 7.50. The summed E-state index contributed by atoms with van der Waals surface area (Å²) in [6.07, 6.45) is 1.66. The van der Waals surface area contributed by atoms with Gasteiger partial charge in [0.2, 0.25) is 11.8 Å². The first-order valence-electron chi connectivity index (χ1n) is 7.94. The summed E-state index contributed by atoms with van der Waals surface area (Å²) < 4.78 is 0. The standard InChI is InChI=1S/C17H22N4O2S/c1-3-11(4-2)16(23)19-13-7-5-12(6-8-13)14-10-24-17(20-14)21-15(22)9-18/h5-8,10-11H,3-4,9,18H2,1-2H3,(H,19,23)(H,20,21,22). The summed E-state index contributed by atoms with van der Waals surface area (Å²) in [5, 5.41) is 7.95. The van der Waals surface area contributed by atoms with Crippen molar-refractivity contribution in [1.29, 1.82) is 0 Å². The Kier molecular flexibility index (Phi) is 6.45. The highest BCUT2D eigenvalue weighted by atomic mass is 32.1. The van der Waals surface area contributed by atoms with Crippen LogP contribution in [0.15, 0.2) is 29.6 Å². The van der Waals surface area contributed by atoms with E-state index >= 15 is 0 Å². The van der Waals surface area contributed by atoms with Gasteiger partial charge >= 0.3 is 0 Å². The number of thiazole rings is 1. The minimum Gasteiger partial charge on any atom is -0.326 e. The van der Waals surface area contributed by atoms with Crippen LogP contribution >= 0.6 is 11.3 Å². The number of nitrogens with two attached hydrogens (primary N) is 1. The highest BCUT2D eigenvalue weighted by Gasteiger charge is 2.14. The number of carbonyl (C=O) groups is 2. The van der Waals surface area contributed by atoms with Gasteiger partial charge in [-0.15, -0.1) is 11.3 Å². The minimum atomic E-state index is -0.268. The van der Waals surface area contributed by atoms with Crippen LogP contribution < -0.4 is 16.4 Å². The second-order valence-electron chi connectivity index (χ2n) is 5.37. The molecule has 128 valence electrons. The highest BCUT2D eigenvalue weighted by molar-refractivity contribution is 7.14. The average molecular weight is 346 g/mol. The number of hydrogen-bond donors (Lipinski definition) is 3. The van der Waals surface area contributed by atoms with Crippen molar-refractivity contribution in [1.82, 2.24) is 4.98 Å². The van der Waals surface area contributed by atoms with Gasteiger partial charge in [-0.05, 0) is 25.0 Å². The Balaban J connectivity index is 2.04. The van der Waals surface area contributed by atoms with Gasteiger partial charge in [-0.3, -0.25) is 9.59 Å². The van der Waals surface area contributed by atoms with Crippen LogP contribution in [0.5, 0.6) is 0 Å². The van der Waals surface area contributed by atoms with E-state index < -0.39 is 0 Å². The lowest BCUT2D eigenvalue weighted by atomic mass is 10.0. The van der Waals surface area contributed by atoms with E-state index in [2.05, 4.69) is 15.6 Å². The zero-order valence-corrected chi connectivity index (χ0v) is 14.7. The fourth-order valence-electron chi connectivity index (χ4n) is 2.26. The first-order chi connectivity index (χ1) is 11.6. The van der Waals surface area contributed by atoms with Crippen molar-refractivity contribution in [2.45, 2.75) is 26.7 Å². The first kappa shape index (κ1) is 18.1. The molecule has 0 saturated carbocycles. The van der Waals surface area contributed by atoms with Gasteiger partial charge in [0.25, 0.3) is 0 Å². The van der Waals surface area contributed by atoms with Crippen LogP contribution in [-0.4, -0.2) is 23.3 Å². The van der Waals surface area contributed by atoms with Gasteiger partial charge in [0, 0.05) is 22.5 Å². The number of aromatic nitrogens is 1. The van der Waals surface area contributed by atoms with Crippen LogP contribution in [0, 0.1) is 5.92 Å². The molecule has 0 atom stereocenters. The zero-order valence-electron chi connectivity index (χ0n) is 13.8. The summed E-state index contributed by atoms with van der Waals surface area (Å²) in [5.74, 6) is -0.180. The molecule has 2 rings (SSSR count). The van der Waals surface area contributed by atoms with E-state index in [0.717, 1.165) is 29.8 Å². The molecule has 0 aliphatic heterocycles. The van der Waals surface area contributed by atoms with Gasteiger partial charge in [0.15, 0.2) is 5.13 Å². The topological polar surface area (TPSA) is 97.1 Å². The Labute approximate surface area is 145 Å². The van der Waals surface area contributed by atoms with E-state index in [-0.39, 0.29) is 24.3 Å². The highest BCUT2D eigenvalue weighted by Crippen LogP contribution is 2.26. The summed E-state index contributed by atoms with van der Waals surface area (Å²) in [7, 11) is 0. The van der Waals surface area contributed by atoms with Crippen LogP contribution in [0.1, 0.15) is 26.7 Å². The number of hydrogen-bond acceptors (Lipinski definition) is 5. The van der Waals surface area contributed by atoms with Crippen LogP contribution in [0.25, 0.3) is 11.3 Å². The Morgan fingerprint density at radius 3 is 2.42 bits per heavy atom. The van der Waals surface area contributed by atoms with Gasteiger partial charge in [-0.1, -0.05) is 26.0 Å². The van der Waals surface area contributed by atoms with Crippen LogP contribution in [0.3, 0.4) is 0 Å². The summed E-state index contributed by atoms with van der Waals surface area (Å²) >= 11 is 1.34. The molecule has 0 aliphatic rings. The third-order valence-corrected chi connectivity index (χ3v) is 4.50. The van der Waals surface area contributed by atoms with E-state index in [1.807, 2.05) is 43.5 Å². The molecule has 2 aromatic rings. The number of anilines is 2. The largest absolute Gasteiger partial charge is 0.326 e. The van der Waals surface area contributed by atoms with Crippen molar-refractivity contribution < 1.29 is 9.59 Å². The van der Waals surface area contributed by atoms with E-state index in [4.69, 9.17) is 5.73 Å². The van der Waals surface area contributed by atoms with Crippen molar-refractivity contribution in [3.63, 3.8) is 0 Å². The lowest BCUT2D eigenvalue weighted by molar-refractivity contribution is -0.120. The number of nitrogens with zero attached hydrogens (tertiary/aromatic N) is 1. The summed E-state index contributed by atoms with van der Waals surface area (Å²) in [5.41, 5.74) is 7.72. The van der Waals surface area contributed by atoms with Gasteiger partial charge in [0.05, 0.1) is 12.2 Å². The minimum absolute atomic E-state index is 0.0388. The van der Waals surface area contributed by atoms with Crippen molar-refractivity contribution in [3.8, 4) is 11.3 Å². The van der Waals surface area contributed by atoms with Gasteiger partial charge in [0.1, 0.15) is 0 Å². The molecular weight excluding hydrogens is 324 g/mol. The molecular formula is C17H22N4O2S. The van der Waals surface area contributed by atoms with Crippen LogP contribution in [0.2, 0.25) is 0 Å². The van der Waals surface area contributed by atoms with Gasteiger partial charge in [-0.25, -0.2) is 4.98 Å². The lowest BCUT2D eigenvalue weighted by Gasteiger charge is -2.12. The zero-order chi connectivity index (χ0) is 17.5. The van der Waals surface area contributed by atoms with Crippen molar-refractivity contribution in [3.05, 3.63) is 29.6 Å². The van der Waals surface area contributed by atoms with Crippen LogP contribution in [-0.2, 0) is 9.59 Å². The fourth-order valence-corrected chi connectivity index (χ4v) is 3.00. The molecule has 0 saturated heterocycles. The van der Waals surface area contributed by atoms with E-state index in [0.29, 0.717) is 5.13 Å². The molecule has 24 heavy (non-hydrogen) atoms. The van der Waals surface area contributed by atoms with Crippen LogP contribution in [0.4, 0.5) is 10.8 Å². The van der Waals surface area contributed by atoms with E-state index in [1.54, 1.807) is 0 Å². The van der Waals surface area contributed by atoms with E-state index in [9.17, 15) is 9.59 Å².